The van der Waals surface area contributed by atoms with Crippen molar-refractivity contribution in [3.05, 3.63) is 35.5 Å². The van der Waals surface area contributed by atoms with Gasteiger partial charge < -0.3 is 9.88 Å². The summed E-state index contributed by atoms with van der Waals surface area (Å²) in [5.41, 5.74) is 4.26. The molecular weight excluding hydrogens is 234 g/mol. The van der Waals surface area contributed by atoms with Gasteiger partial charge in [0.25, 0.3) is 0 Å². The molecule has 3 rings (SSSR count). The summed E-state index contributed by atoms with van der Waals surface area (Å²) < 4.78 is 2.44. The van der Waals surface area contributed by atoms with E-state index in [2.05, 4.69) is 52.9 Å². The van der Waals surface area contributed by atoms with Crippen molar-refractivity contribution in [3.8, 4) is 0 Å². The van der Waals surface area contributed by atoms with Gasteiger partial charge in [0.15, 0.2) is 0 Å². The van der Waals surface area contributed by atoms with Crippen molar-refractivity contribution in [2.45, 2.75) is 26.9 Å². The van der Waals surface area contributed by atoms with Crippen molar-refractivity contribution in [3.63, 3.8) is 0 Å². The summed E-state index contributed by atoms with van der Waals surface area (Å²) in [7, 11) is 0. The van der Waals surface area contributed by atoms with Crippen molar-refractivity contribution >= 4 is 10.9 Å². The average Bonchev–Trinajstić information content (AvgIpc) is 2.76. The topological polar surface area (TPSA) is 20.2 Å². The number of aryl methyl sites for hydroxylation is 2. The Morgan fingerprint density at radius 1 is 1.21 bits per heavy atom. The van der Waals surface area contributed by atoms with Crippen LogP contribution in [0, 0.1) is 6.92 Å². The molecule has 0 atom stereocenters. The number of para-hydroxylation sites is 1. The van der Waals surface area contributed by atoms with Crippen LogP contribution in [-0.4, -0.2) is 35.6 Å². The predicted octanol–water partition coefficient (Wildman–Crippen LogP) is 2.37. The number of aromatic nitrogens is 1. The van der Waals surface area contributed by atoms with Gasteiger partial charge in [0.05, 0.1) is 5.52 Å². The van der Waals surface area contributed by atoms with Crippen LogP contribution in [0.15, 0.2) is 24.3 Å². The molecule has 1 N–H and O–H groups in total. The van der Waals surface area contributed by atoms with E-state index in [0.717, 1.165) is 39.3 Å². The number of piperazine rings is 1. The summed E-state index contributed by atoms with van der Waals surface area (Å²) in [6, 6.07) is 9.02. The quantitative estimate of drug-likeness (QED) is 0.911. The average molecular weight is 257 g/mol. The first-order valence-corrected chi connectivity index (χ1v) is 7.30. The smallest absolute Gasteiger partial charge is 0.0527 e. The second kappa shape index (κ2) is 5.35. The summed E-state index contributed by atoms with van der Waals surface area (Å²) >= 11 is 0. The minimum absolute atomic E-state index is 1.05. The Morgan fingerprint density at radius 2 is 2.00 bits per heavy atom. The van der Waals surface area contributed by atoms with E-state index in [1.807, 2.05) is 0 Å². The Labute approximate surface area is 115 Å². The molecule has 2 aromatic rings. The van der Waals surface area contributed by atoms with E-state index >= 15 is 0 Å². The molecule has 0 aliphatic carbocycles. The summed E-state index contributed by atoms with van der Waals surface area (Å²) in [6.45, 7) is 11.1. The van der Waals surface area contributed by atoms with E-state index in [1.165, 1.54) is 22.2 Å². The third-order valence-corrected chi connectivity index (χ3v) is 4.13. The highest BCUT2D eigenvalue weighted by molar-refractivity contribution is 5.84. The minimum Gasteiger partial charge on any atom is -0.345 e. The lowest BCUT2D eigenvalue weighted by molar-refractivity contribution is 0.234. The van der Waals surface area contributed by atoms with E-state index in [9.17, 15) is 0 Å². The van der Waals surface area contributed by atoms with Gasteiger partial charge in [-0.05, 0) is 25.5 Å². The van der Waals surface area contributed by atoms with Gasteiger partial charge in [-0.25, -0.2) is 0 Å². The third kappa shape index (κ3) is 2.40. The lowest BCUT2D eigenvalue weighted by Crippen LogP contribution is -2.42. The van der Waals surface area contributed by atoms with Gasteiger partial charge in [-0.2, -0.15) is 0 Å². The molecule has 1 aliphatic heterocycles. The highest BCUT2D eigenvalue weighted by Crippen LogP contribution is 2.24. The van der Waals surface area contributed by atoms with Gasteiger partial charge in [0.2, 0.25) is 0 Å². The van der Waals surface area contributed by atoms with Crippen LogP contribution in [0.5, 0.6) is 0 Å². The summed E-state index contributed by atoms with van der Waals surface area (Å²) in [6.07, 6.45) is 0. The SMILES string of the molecule is CCn1c(C)cc2cccc(CN3CCNCC3)c21. The number of hydrogen-bond acceptors (Lipinski definition) is 2. The van der Waals surface area contributed by atoms with E-state index in [0.29, 0.717) is 0 Å². The van der Waals surface area contributed by atoms with E-state index in [4.69, 9.17) is 0 Å². The Bertz CT molecular complexity index is 565. The zero-order valence-corrected chi connectivity index (χ0v) is 11.9. The summed E-state index contributed by atoms with van der Waals surface area (Å²) in [5, 5.41) is 4.80. The van der Waals surface area contributed by atoms with Crippen LogP contribution in [0.2, 0.25) is 0 Å². The number of nitrogens with one attached hydrogen (secondary N) is 1. The molecule has 1 aromatic carbocycles. The van der Waals surface area contributed by atoms with Crippen molar-refractivity contribution in [1.82, 2.24) is 14.8 Å². The molecule has 0 spiro atoms. The lowest BCUT2D eigenvalue weighted by atomic mass is 10.1. The molecule has 0 unspecified atom stereocenters. The molecule has 0 saturated carbocycles. The maximum atomic E-state index is 3.42. The van der Waals surface area contributed by atoms with Gasteiger partial charge in [-0.3, -0.25) is 4.90 Å². The molecule has 0 radical (unpaired) electrons. The van der Waals surface area contributed by atoms with Crippen molar-refractivity contribution in [2.75, 3.05) is 26.2 Å². The second-order valence-corrected chi connectivity index (χ2v) is 5.41. The third-order valence-electron chi connectivity index (χ3n) is 4.13. The molecule has 19 heavy (non-hydrogen) atoms. The monoisotopic (exact) mass is 257 g/mol. The van der Waals surface area contributed by atoms with E-state index in [1.54, 1.807) is 0 Å². The fourth-order valence-electron chi connectivity index (χ4n) is 3.18. The van der Waals surface area contributed by atoms with E-state index < -0.39 is 0 Å². The molecule has 102 valence electrons. The van der Waals surface area contributed by atoms with Gasteiger partial charge in [-0.1, -0.05) is 18.2 Å². The van der Waals surface area contributed by atoms with Crippen molar-refractivity contribution in [1.29, 1.82) is 0 Å². The maximum Gasteiger partial charge on any atom is 0.0527 e. The van der Waals surface area contributed by atoms with Gasteiger partial charge in [0.1, 0.15) is 0 Å². The maximum absolute atomic E-state index is 3.42. The van der Waals surface area contributed by atoms with E-state index in [-0.39, 0.29) is 0 Å². The molecule has 3 nitrogen and oxygen atoms in total. The lowest BCUT2D eigenvalue weighted by Gasteiger charge is -2.27. The molecule has 3 heteroatoms. The highest BCUT2D eigenvalue weighted by atomic mass is 15.2. The molecular formula is C16H23N3. The van der Waals surface area contributed by atoms with Crippen LogP contribution in [0.3, 0.4) is 0 Å². The van der Waals surface area contributed by atoms with Crippen LogP contribution in [0.25, 0.3) is 10.9 Å². The fraction of sp³-hybridized carbons (Fsp3) is 0.500. The van der Waals surface area contributed by atoms with Crippen LogP contribution >= 0.6 is 0 Å². The number of fused-ring (bicyclic) bond motifs is 1. The largest absolute Gasteiger partial charge is 0.345 e. The molecule has 1 saturated heterocycles. The van der Waals surface area contributed by atoms with Gasteiger partial charge in [0, 0.05) is 50.3 Å². The highest BCUT2D eigenvalue weighted by Gasteiger charge is 2.14. The molecule has 1 aromatic heterocycles. The first kappa shape index (κ1) is 12.7. The predicted molar refractivity (Wildman–Crippen MR) is 80.5 cm³/mol. The minimum atomic E-state index is 1.05. The number of benzene rings is 1. The van der Waals surface area contributed by atoms with Crippen molar-refractivity contribution in [2.24, 2.45) is 0 Å². The first-order chi connectivity index (χ1) is 9.29. The summed E-state index contributed by atoms with van der Waals surface area (Å²) in [4.78, 5) is 2.55. The van der Waals surface area contributed by atoms with Crippen LogP contribution in [-0.2, 0) is 13.1 Å². The standard InChI is InChI=1S/C16H23N3/c1-3-19-13(2)11-14-5-4-6-15(16(14)19)12-18-9-7-17-8-10-18/h4-6,11,17H,3,7-10,12H2,1-2H3. The molecule has 0 bridgehead atoms. The number of nitrogens with zero attached hydrogens (tertiary/aromatic N) is 2. The Morgan fingerprint density at radius 3 is 2.74 bits per heavy atom. The molecule has 0 amide bonds. The first-order valence-electron chi connectivity index (χ1n) is 7.30. The molecule has 1 fully saturated rings. The zero-order chi connectivity index (χ0) is 13.2. The van der Waals surface area contributed by atoms with Crippen LogP contribution < -0.4 is 5.32 Å². The van der Waals surface area contributed by atoms with Gasteiger partial charge in [-0.15, -0.1) is 0 Å². The molecule has 1 aliphatic rings. The van der Waals surface area contributed by atoms with Crippen LogP contribution in [0.4, 0.5) is 0 Å². The zero-order valence-electron chi connectivity index (χ0n) is 11.9. The van der Waals surface area contributed by atoms with Crippen molar-refractivity contribution < 1.29 is 0 Å². The number of rotatable bonds is 3. The Balaban J connectivity index is 1.97. The number of hydrogen-bond donors (Lipinski definition) is 1. The fourth-order valence-corrected chi connectivity index (χ4v) is 3.18. The Kier molecular flexibility index (Phi) is 3.58. The summed E-state index contributed by atoms with van der Waals surface area (Å²) in [5.74, 6) is 0. The second-order valence-electron chi connectivity index (χ2n) is 5.41. The Hall–Kier alpha value is -1.32. The normalized spacial score (nSPS) is 17.2. The van der Waals surface area contributed by atoms with Crippen LogP contribution in [0.1, 0.15) is 18.2 Å². The molecule has 2 heterocycles. The van der Waals surface area contributed by atoms with Gasteiger partial charge >= 0.3 is 0 Å².